The number of hydrazone groups is 1. The highest BCUT2D eigenvalue weighted by atomic mass is 16.4. The van der Waals surface area contributed by atoms with Crippen molar-refractivity contribution in [1.82, 2.24) is 10.3 Å². The first-order chi connectivity index (χ1) is 10.1. The van der Waals surface area contributed by atoms with Gasteiger partial charge in [-0.3, -0.25) is 15.0 Å². The first kappa shape index (κ1) is 17.6. The minimum atomic E-state index is -1.24. The van der Waals surface area contributed by atoms with Crippen LogP contribution < -0.4 is 11.1 Å². The summed E-state index contributed by atoms with van der Waals surface area (Å²) < 4.78 is 0. The molecule has 0 aromatic rings. The van der Waals surface area contributed by atoms with Crippen LogP contribution in [0.4, 0.5) is 0 Å². The number of carbonyl (C=O) groups excluding carboxylic acids is 2. The van der Waals surface area contributed by atoms with Gasteiger partial charge in [0.15, 0.2) is 0 Å². The lowest BCUT2D eigenvalue weighted by atomic mass is 9.92. The second-order valence-corrected chi connectivity index (χ2v) is 5.53. The van der Waals surface area contributed by atoms with Gasteiger partial charge in [-0.2, -0.15) is 5.10 Å². The zero-order valence-electron chi connectivity index (χ0n) is 12.8. The van der Waals surface area contributed by atoms with Crippen molar-refractivity contribution in [2.45, 2.75) is 39.8 Å². The summed E-state index contributed by atoms with van der Waals surface area (Å²) in [6.45, 7) is 4.59. The Morgan fingerprint density at radius 3 is 2.50 bits per heavy atom. The van der Waals surface area contributed by atoms with Gasteiger partial charge in [0.25, 0.3) is 0 Å². The van der Waals surface area contributed by atoms with E-state index in [0.717, 1.165) is 5.01 Å². The molecule has 0 saturated heterocycles. The number of hydrogen-bond donors (Lipinski definition) is 4. The summed E-state index contributed by atoms with van der Waals surface area (Å²) in [6, 6.07) is 0. The van der Waals surface area contributed by atoms with Crippen LogP contribution in [0.1, 0.15) is 33.6 Å². The largest absolute Gasteiger partial charge is 0.477 e. The Kier molecular flexibility index (Phi) is 5.61. The molecule has 122 valence electrons. The summed E-state index contributed by atoms with van der Waals surface area (Å²) in [5.74, 6) is -3.13. The van der Waals surface area contributed by atoms with Gasteiger partial charge in [0.1, 0.15) is 11.9 Å². The van der Waals surface area contributed by atoms with Crippen LogP contribution in [0.3, 0.4) is 0 Å². The Morgan fingerprint density at radius 1 is 1.50 bits per heavy atom. The summed E-state index contributed by atoms with van der Waals surface area (Å²) in [6.07, 6.45) is -0.750. The SMILES string of the molecule is CC(=O)N[C@@H]1[C@@H](CC(=N)N)CC(C(=O)O)=NN1C(=O)C(C)C. The summed E-state index contributed by atoms with van der Waals surface area (Å²) >= 11 is 0. The fourth-order valence-electron chi connectivity index (χ4n) is 2.23. The Bertz CT molecular complexity index is 529. The van der Waals surface area contributed by atoms with Crippen LogP contribution in [-0.4, -0.2) is 45.6 Å². The molecular formula is C13H21N5O4. The van der Waals surface area contributed by atoms with Crippen LogP contribution in [0.2, 0.25) is 0 Å². The van der Waals surface area contributed by atoms with Gasteiger partial charge in [0.2, 0.25) is 11.8 Å². The predicted octanol–water partition coefficient (Wildman–Crippen LogP) is -0.280. The van der Waals surface area contributed by atoms with E-state index in [9.17, 15) is 14.4 Å². The van der Waals surface area contributed by atoms with Crippen molar-refractivity contribution in [2.24, 2.45) is 22.7 Å². The second kappa shape index (κ2) is 7.01. The number of amides is 2. The molecule has 0 radical (unpaired) electrons. The lowest BCUT2D eigenvalue weighted by molar-refractivity contribution is -0.141. The van der Waals surface area contributed by atoms with E-state index in [-0.39, 0.29) is 30.3 Å². The number of carboxylic acids is 1. The molecule has 0 fully saturated rings. The van der Waals surface area contributed by atoms with Crippen molar-refractivity contribution >= 4 is 29.3 Å². The highest BCUT2D eigenvalue weighted by Gasteiger charge is 2.39. The number of rotatable bonds is 5. The van der Waals surface area contributed by atoms with Crippen LogP contribution in [0.5, 0.6) is 0 Å². The van der Waals surface area contributed by atoms with Gasteiger partial charge in [-0.1, -0.05) is 13.8 Å². The Labute approximate surface area is 128 Å². The number of nitrogens with one attached hydrogen (secondary N) is 2. The first-order valence-electron chi connectivity index (χ1n) is 6.87. The molecule has 9 nitrogen and oxygen atoms in total. The standard InChI is InChI=1S/C13H21N5O4/c1-6(2)12(20)18-11(16-7(3)19)8(5-10(14)15)4-9(17-18)13(21)22/h6,8,11H,4-5H2,1-3H3,(H3,14,15)(H,16,19)(H,21,22)/t8-,11+/m1/s1. The molecular weight excluding hydrogens is 290 g/mol. The zero-order chi connectivity index (χ0) is 17.0. The van der Waals surface area contributed by atoms with E-state index in [1.807, 2.05) is 0 Å². The van der Waals surface area contributed by atoms with E-state index < -0.39 is 29.9 Å². The molecule has 1 aliphatic heterocycles. The Hall–Kier alpha value is -2.45. The van der Waals surface area contributed by atoms with E-state index in [1.54, 1.807) is 13.8 Å². The summed E-state index contributed by atoms with van der Waals surface area (Å²) in [7, 11) is 0. The number of aliphatic carboxylic acids is 1. The molecule has 9 heteroatoms. The summed E-state index contributed by atoms with van der Waals surface area (Å²) in [5.41, 5.74) is 5.21. The molecule has 0 unspecified atom stereocenters. The van der Waals surface area contributed by atoms with Gasteiger partial charge in [0.05, 0.1) is 5.84 Å². The summed E-state index contributed by atoms with van der Waals surface area (Å²) in [5, 5.41) is 24.0. The molecule has 0 aliphatic carbocycles. The van der Waals surface area contributed by atoms with Gasteiger partial charge in [0, 0.05) is 31.6 Å². The number of amidine groups is 1. The minimum absolute atomic E-state index is 0.0156. The molecule has 1 rings (SSSR count). The fraction of sp³-hybridized carbons (Fsp3) is 0.615. The molecule has 0 spiro atoms. The fourth-order valence-corrected chi connectivity index (χ4v) is 2.23. The van der Waals surface area contributed by atoms with Gasteiger partial charge in [-0.05, 0) is 0 Å². The lowest BCUT2D eigenvalue weighted by Gasteiger charge is -2.38. The quantitative estimate of drug-likeness (QED) is 0.407. The average molecular weight is 311 g/mol. The first-order valence-corrected chi connectivity index (χ1v) is 6.87. The summed E-state index contributed by atoms with van der Waals surface area (Å²) in [4.78, 5) is 34.9. The van der Waals surface area contributed by atoms with E-state index in [0.29, 0.717) is 0 Å². The molecule has 22 heavy (non-hydrogen) atoms. The van der Waals surface area contributed by atoms with E-state index in [1.165, 1.54) is 6.92 Å². The predicted molar refractivity (Wildman–Crippen MR) is 79.0 cm³/mol. The molecule has 0 bridgehead atoms. The molecule has 2 atom stereocenters. The van der Waals surface area contributed by atoms with Crippen molar-refractivity contribution in [2.75, 3.05) is 0 Å². The van der Waals surface area contributed by atoms with Crippen LogP contribution in [0.25, 0.3) is 0 Å². The Balaban J connectivity index is 3.25. The van der Waals surface area contributed by atoms with Crippen molar-refractivity contribution in [1.29, 1.82) is 5.41 Å². The molecule has 2 amide bonds. The number of nitrogens with zero attached hydrogens (tertiary/aromatic N) is 2. The van der Waals surface area contributed by atoms with Crippen LogP contribution in [0, 0.1) is 17.2 Å². The maximum absolute atomic E-state index is 12.3. The van der Waals surface area contributed by atoms with Gasteiger partial charge in [-0.25, -0.2) is 9.80 Å². The maximum atomic E-state index is 12.3. The molecule has 1 heterocycles. The average Bonchev–Trinajstić information content (AvgIpc) is 2.38. The number of carboxylic acid groups (broad SMARTS) is 1. The van der Waals surface area contributed by atoms with Crippen molar-refractivity contribution < 1.29 is 19.5 Å². The number of nitrogens with two attached hydrogens (primary N) is 1. The second-order valence-electron chi connectivity index (χ2n) is 5.53. The van der Waals surface area contributed by atoms with Crippen LogP contribution in [0.15, 0.2) is 5.10 Å². The van der Waals surface area contributed by atoms with E-state index in [2.05, 4.69) is 10.4 Å². The number of carbonyl (C=O) groups is 3. The molecule has 0 saturated carbocycles. The Morgan fingerprint density at radius 2 is 2.09 bits per heavy atom. The smallest absolute Gasteiger partial charge is 0.352 e. The van der Waals surface area contributed by atoms with Gasteiger partial charge >= 0.3 is 5.97 Å². The highest BCUT2D eigenvalue weighted by molar-refractivity contribution is 6.35. The van der Waals surface area contributed by atoms with Crippen molar-refractivity contribution in [3.63, 3.8) is 0 Å². The third-order valence-electron chi connectivity index (χ3n) is 3.19. The monoisotopic (exact) mass is 311 g/mol. The highest BCUT2D eigenvalue weighted by Crippen LogP contribution is 2.25. The lowest BCUT2D eigenvalue weighted by Crippen LogP contribution is -2.57. The normalized spacial score (nSPS) is 21.3. The third kappa shape index (κ3) is 4.27. The van der Waals surface area contributed by atoms with Crippen LogP contribution in [-0.2, 0) is 14.4 Å². The van der Waals surface area contributed by atoms with E-state index >= 15 is 0 Å². The van der Waals surface area contributed by atoms with Crippen molar-refractivity contribution in [3.8, 4) is 0 Å². The third-order valence-corrected chi connectivity index (χ3v) is 3.19. The molecule has 5 N–H and O–H groups in total. The maximum Gasteiger partial charge on any atom is 0.352 e. The van der Waals surface area contributed by atoms with Gasteiger partial charge < -0.3 is 16.2 Å². The van der Waals surface area contributed by atoms with E-state index in [4.69, 9.17) is 16.2 Å². The molecule has 0 aromatic heterocycles. The van der Waals surface area contributed by atoms with Gasteiger partial charge in [-0.15, -0.1) is 0 Å². The minimum Gasteiger partial charge on any atom is -0.477 e. The molecule has 1 aliphatic rings. The number of hydrogen-bond acceptors (Lipinski definition) is 5. The topological polar surface area (TPSA) is 149 Å². The zero-order valence-corrected chi connectivity index (χ0v) is 12.8. The molecule has 0 aromatic carbocycles. The van der Waals surface area contributed by atoms with Crippen LogP contribution >= 0.6 is 0 Å². The van der Waals surface area contributed by atoms with Crippen molar-refractivity contribution in [3.05, 3.63) is 0 Å².